The maximum atomic E-state index is 11.1. The van der Waals surface area contributed by atoms with Crippen molar-refractivity contribution in [2.45, 2.75) is 6.54 Å². The third-order valence-electron chi connectivity index (χ3n) is 2.81. The number of benzene rings is 2. The molecule has 0 spiro atoms. The Labute approximate surface area is 136 Å². The number of hydrogen-bond acceptors (Lipinski definition) is 3. The van der Waals surface area contributed by atoms with E-state index in [1.54, 1.807) is 12.1 Å². The van der Waals surface area contributed by atoms with Crippen LogP contribution in [0.4, 0.5) is 16.2 Å². The number of amides is 1. The van der Waals surface area contributed by atoms with Crippen LogP contribution in [0.3, 0.4) is 0 Å². The molecule has 0 saturated heterocycles. The predicted molar refractivity (Wildman–Crippen MR) is 88.9 cm³/mol. The molecule has 21 heavy (non-hydrogen) atoms. The van der Waals surface area contributed by atoms with Crippen LogP contribution in [0.15, 0.2) is 46.9 Å². The standard InChI is InChI=1S/C15H14BrClN2O2/c1-21-15(20)19-13-5-3-12(4-6-13)18-9-10-8-11(17)2-7-14(10)16/h2-8,18H,9H2,1H3,(H,19,20). The van der Waals surface area contributed by atoms with Crippen LogP contribution in [0.25, 0.3) is 0 Å². The van der Waals surface area contributed by atoms with Gasteiger partial charge in [0.1, 0.15) is 0 Å². The fraction of sp³-hybridized carbons (Fsp3) is 0.133. The zero-order valence-electron chi connectivity index (χ0n) is 11.3. The maximum Gasteiger partial charge on any atom is 0.411 e. The summed E-state index contributed by atoms with van der Waals surface area (Å²) in [6.45, 7) is 0.644. The van der Waals surface area contributed by atoms with Gasteiger partial charge >= 0.3 is 6.09 Å². The molecule has 0 heterocycles. The minimum Gasteiger partial charge on any atom is -0.453 e. The minimum atomic E-state index is -0.487. The van der Waals surface area contributed by atoms with Crippen LogP contribution < -0.4 is 10.6 Å². The Morgan fingerprint density at radius 2 is 1.86 bits per heavy atom. The summed E-state index contributed by atoms with van der Waals surface area (Å²) in [6, 6.07) is 13.0. The van der Waals surface area contributed by atoms with Gasteiger partial charge in [-0.25, -0.2) is 4.79 Å². The van der Waals surface area contributed by atoms with Crippen LogP contribution in [-0.2, 0) is 11.3 Å². The van der Waals surface area contributed by atoms with Crippen molar-refractivity contribution in [3.05, 3.63) is 57.5 Å². The second-order valence-corrected chi connectivity index (χ2v) is 5.57. The summed E-state index contributed by atoms with van der Waals surface area (Å²) in [5, 5.41) is 6.59. The molecule has 2 rings (SSSR count). The summed E-state index contributed by atoms with van der Waals surface area (Å²) < 4.78 is 5.53. The summed E-state index contributed by atoms with van der Waals surface area (Å²) in [7, 11) is 1.33. The van der Waals surface area contributed by atoms with Gasteiger partial charge in [-0.2, -0.15) is 0 Å². The van der Waals surface area contributed by atoms with Gasteiger partial charge in [0.05, 0.1) is 7.11 Å². The third kappa shape index (κ3) is 4.65. The van der Waals surface area contributed by atoms with Crippen LogP contribution in [-0.4, -0.2) is 13.2 Å². The minimum absolute atomic E-state index is 0.487. The highest BCUT2D eigenvalue weighted by Gasteiger charge is 2.02. The molecular weight excluding hydrogens is 356 g/mol. The van der Waals surface area contributed by atoms with Crippen LogP contribution in [0.2, 0.25) is 5.02 Å². The van der Waals surface area contributed by atoms with E-state index in [4.69, 9.17) is 11.6 Å². The van der Waals surface area contributed by atoms with Gasteiger partial charge in [0, 0.05) is 27.4 Å². The van der Waals surface area contributed by atoms with Gasteiger partial charge in [-0.15, -0.1) is 0 Å². The first-order valence-corrected chi connectivity index (χ1v) is 7.38. The third-order valence-corrected chi connectivity index (χ3v) is 3.82. The van der Waals surface area contributed by atoms with Crippen molar-refractivity contribution in [3.63, 3.8) is 0 Å². The molecule has 4 nitrogen and oxygen atoms in total. The van der Waals surface area contributed by atoms with Gasteiger partial charge in [-0.3, -0.25) is 5.32 Å². The molecule has 0 unspecified atom stereocenters. The van der Waals surface area contributed by atoms with E-state index in [9.17, 15) is 4.79 Å². The van der Waals surface area contributed by atoms with E-state index in [2.05, 4.69) is 31.3 Å². The van der Waals surface area contributed by atoms with Crippen LogP contribution in [0.5, 0.6) is 0 Å². The summed E-state index contributed by atoms with van der Waals surface area (Å²) in [5.41, 5.74) is 2.69. The van der Waals surface area contributed by atoms with Crippen LogP contribution in [0.1, 0.15) is 5.56 Å². The number of nitrogens with one attached hydrogen (secondary N) is 2. The Balaban J connectivity index is 1.97. The van der Waals surface area contributed by atoms with Gasteiger partial charge in [0.25, 0.3) is 0 Å². The van der Waals surface area contributed by atoms with Crippen molar-refractivity contribution < 1.29 is 9.53 Å². The molecule has 0 aliphatic heterocycles. The van der Waals surface area contributed by atoms with E-state index < -0.39 is 6.09 Å². The van der Waals surface area contributed by atoms with Gasteiger partial charge in [0.2, 0.25) is 0 Å². The van der Waals surface area contributed by atoms with Gasteiger partial charge in [-0.1, -0.05) is 27.5 Å². The number of rotatable bonds is 4. The highest BCUT2D eigenvalue weighted by Crippen LogP contribution is 2.22. The van der Waals surface area contributed by atoms with Crippen molar-refractivity contribution in [2.24, 2.45) is 0 Å². The van der Waals surface area contributed by atoms with E-state index in [1.807, 2.05) is 30.3 Å². The Kier molecular flexibility index (Phi) is 5.47. The second-order valence-electron chi connectivity index (χ2n) is 4.28. The SMILES string of the molecule is COC(=O)Nc1ccc(NCc2cc(Cl)ccc2Br)cc1. The van der Waals surface area contributed by atoms with E-state index in [0.717, 1.165) is 15.7 Å². The van der Waals surface area contributed by atoms with Crippen molar-refractivity contribution in [3.8, 4) is 0 Å². The van der Waals surface area contributed by atoms with Crippen LogP contribution >= 0.6 is 27.5 Å². The quantitative estimate of drug-likeness (QED) is 0.806. The topological polar surface area (TPSA) is 50.4 Å². The molecule has 2 N–H and O–H groups in total. The normalized spacial score (nSPS) is 10.0. The lowest BCUT2D eigenvalue weighted by Crippen LogP contribution is -2.10. The van der Waals surface area contributed by atoms with E-state index in [0.29, 0.717) is 17.3 Å². The van der Waals surface area contributed by atoms with E-state index >= 15 is 0 Å². The molecule has 2 aromatic carbocycles. The number of hydrogen-bond donors (Lipinski definition) is 2. The molecular formula is C15H14BrClN2O2. The average Bonchev–Trinajstić information content (AvgIpc) is 2.49. The molecule has 0 aromatic heterocycles. The second kappa shape index (κ2) is 7.33. The molecule has 0 fully saturated rings. The summed E-state index contributed by atoms with van der Waals surface area (Å²) in [6.07, 6.45) is -0.487. The highest BCUT2D eigenvalue weighted by molar-refractivity contribution is 9.10. The molecule has 0 bridgehead atoms. The lowest BCUT2D eigenvalue weighted by atomic mass is 10.2. The summed E-state index contributed by atoms with van der Waals surface area (Å²) in [4.78, 5) is 11.1. The molecule has 0 aliphatic carbocycles. The van der Waals surface area contributed by atoms with Crippen molar-refractivity contribution in [1.29, 1.82) is 0 Å². The van der Waals surface area contributed by atoms with Crippen molar-refractivity contribution in [2.75, 3.05) is 17.7 Å². The fourth-order valence-corrected chi connectivity index (χ4v) is 2.30. The molecule has 0 radical (unpaired) electrons. The van der Waals surface area contributed by atoms with E-state index in [1.165, 1.54) is 7.11 Å². The highest BCUT2D eigenvalue weighted by atomic mass is 79.9. The van der Waals surface area contributed by atoms with Gasteiger partial charge < -0.3 is 10.1 Å². The lowest BCUT2D eigenvalue weighted by Gasteiger charge is -2.10. The van der Waals surface area contributed by atoms with Crippen LogP contribution in [0, 0.1) is 0 Å². The largest absolute Gasteiger partial charge is 0.453 e. The molecule has 1 amide bonds. The molecule has 0 atom stereocenters. The molecule has 0 saturated carbocycles. The van der Waals surface area contributed by atoms with Crippen molar-refractivity contribution >= 4 is 45.0 Å². The fourth-order valence-electron chi connectivity index (χ4n) is 1.72. The summed E-state index contributed by atoms with van der Waals surface area (Å²) in [5.74, 6) is 0. The number of carbonyl (C=O) groups is 1. The summed E-state index contributed by atoms with van der Waals surface area (Å²) >= 11 is 9.47. The average molecular weight is 370 g/mol. The molecule has 2 aromatic rings. The van der Waals surface area contributed by atoms with E-state index in [-0.39, 0.29) is 0 Å². The van der Waals surface area contributed by atoms with Crippen molar-refractivity contribution in [1.82, 2.24) is 0 Å². The first-order chi connectivity index (χ1) is 10.1. The predicted octanol–water partition coefficient (Wildman–Crippen LogP) is 4.89. The Bertz CT molecular complexity index is 632. The smallest absolute Gasteiger partial charge is 0.411 e. The number of ether oxygens (including phenoxy) is 1. The molecule has 0 aliphatic rings. The molecule has 110 valence electrons. The zero-order valence-corrected chi connectivity index (χ0v) is 13.7. The zero-order chi connectivity index (χ0) is 15.2. The number of halogens is 2. The maximum absolute atomic E-state index is 11.1. The first kappa shape index (κ1) is 15.7. The lowest BCUT2D eigenvalue weighted by molar-refractivity contribution is 0.187. The van der Waals surface area contributed by atoms with Gasteiger partial charge in [-0.05, 0) is 48.0 Å². The number of anilines is 2. The molecule has 6 heteroatoms. The monoisotopic (exact) mass is 368 g/mol. The van der Waals surface area contributed by atoms with Gasteiger partial charge in [0.15, 0.2) is 0 Å². The number of methoxy groups -OCH3 is 1. The Morgan fingerprint density at radius 3 is 2.52 bits per heavy atom. The Morgan fingerprint density at radius 1 is 1.19 bits per heavy atom. The Hall–Kier alpha value is -1.72. The first-order valence-electron chi connectivity index (χ1n) is 6.21. The number of carbonyl (C=O) groups excluding carboxylic acids is 1.